The van der Waals surface area contributed by atoms with Gasteiger partial charge in [-0.15, -0.1) is 0 Å². The van der Waals surface area contributed by atoms with Crippen LogP contribution >= 0.6 is 0 Å². The van der Waals surface area contributed by atoms with E-state index in [2.05, 4.69) is 38.5 Å². The summed E-state index contributed by atoms with van der Waals surface area (Å²) in [6.45, 7) is 9.59. The van der Waals surface area contributed by atoms with Crippen LogP contribution in [0.4, 0.5) is 0 Å². The highest BCUT2D eigenvalue weighted by atomic mass is 15.4. The summed E-state index contributed by atoms with van der Waals surface area (Å²) >= 11 is 0. The second-order valence-electron chi connectivity index (χ2n) is 3.30. The highest BCUT2D eigenvalue weighted by Crippen LogP contribution is 1.94. The molecule has 0 rings (SSSR count). The second kappa shape index (κ2) is 3.85. The molecule has 0 heterocycles. The minimum atomic E-state index is 0.190. The molecule has 0 aliphatic carbocycles. The van der Waals surface area contributed by atoms with Crippen LogP contribution in [0.5, 0.6) is 0 Å². The molecule has 0 aromatic carbocycles. The van der Waals surface area contributed by atoms with E-state index in [0.717, 1.165) is 6.54 Å². The van der Waals surface area contributed by atoms with Crippen molar-refractivity contribution in [2.75, 3.05) is 6.54 Å². The zero-order chi connectivity index (χ0) is 7.33. The maximum Gasteiger partial charge on any atom is 0.0239 e. The first-order valence-electron chi connectivity index (χ1n) is 3.56. The van der Waals surface area contributed by atoms with Crippen LogP contribution in [-0.2, 0) is 0 Å². The average molecular weight is 130 g/mol. The van der Waals surface area contributed by atoms with Gasteiger partial charge in [0.25, 0.3) is 0 Å². The molecule has 0 saturated heterocycles. The Hall–Kier alpha value is -0.0800. The Morgan fingerprint density at radius 2 is 1.78 bits per heavy atom. The van der Waals surface area contributed by atoms with Gasteiger partial charge in [0, 0.05) is 12.1 Å². The summed E-state index contributed by atoms with van der Waals surface area (Å²) in [5, 5.41) is 0. The fourth-order valence-electron chi connectivity index (χ4n) is 0.453. The molecule has 0 unspecified atom stereocenters. The normalized spacial score (nSPS) is 12.0. The van der Waals surface area contributed by atoms with Gasteiger partial charge in [-0.05, 0) is 27.2 Å². The lowest BCUT2D eigenvalue weighted by Gasteiger charge is -2.20. The van der Waals surface area contributed by atoms with Crippen molar-refractivity contribution in [1.29, 1.82) is 0 Å². The van der Waals surface area contributed by atoms with E-state index in [0.29, 0.717) is 0 Å². The monoisotopic (exact) mass is 130 g/mol. The zero-order valence-electron chi connectivity index (χ0n) is 6.91. The van der Waals surface area contributed by atoms with E-state index in [1.165, 1.54) is 6.42 Å². The summed E-state index contributed by atoms with van der Waals surface area (Å²) in [6, 6.07) is 0. The van der Waals surface area contributed by atoms with Crippen LogP contribution < -0.4 is 10.9 Å². The maximum atomic E-state index is 3.17. The number of hydrogen-bond acceptors (Lipinski definition) is 2. The summed E-state index contributed by atoms with van der Waals surface area (Å²) in [6.07, 6.45) is 1.17. The summed E-state index contributed by atoms with van der Waals surface area (Å²) in [5.41, 5.74) is 6.49. The van der Waals surface area contributed by atoms with Crippen molar-refractivity contribution in [3.8, 4) is 0 Å². The van der Waals surface area contributed by atoms with Gasteiger partial charge in [-0.1, -0.05) is 6.92 Å². The molecule has 0 bridgehead atoms. The molecule has 0 aliphatic heterocycles. The lowest BCUT2D eigenvalue weighted by molar-refractivity contribution is 0.358. The largest absolute Gasteiger partial charge is 0.257 e. The Kier molecular flexibility index (Phi) is 3.82. The molecule has 0 fully saturated rings. The third-order valence-corrected chi connectivity index (χ3v) is 0.838. The second-order valence-corrected chi connectivity index (χ2v) is 3.30. The van der Waals surface area contributed by atoms with Crippen molar-refractivity contribution in [3.63, 3.8) is 0 Å². The smallest absolute Gasteiger partial charge is 0.0239 e. The van der Waals surface area contributed by atoms with Gasteiger partial charge in [0.05, 0.1) is 0 Å². The molecular weight excluding hydrogens is 112 g/mol. The Morgan fingerprint density at radius 1 is 1.22 bits per heavy atom. The third-order valence-electron chi connectivity index (χ3n) is 0.838. The predicted molar refractivity (Wildman–Crippen MR) is 41.2 cm³/mol. The zero-order valence-corrected chi connectivity index (χ0v) is 6.91. The fraction of sp³-hybridized carbons (Fsp3) is 1.00. The highest BCUT2D eigenvalue weighted by Gasteiger charge is 2.05. The van der Waals surface area contributed by atoms with E-state index in [4.69, 9.17) is 0 Å². The molecule has 2 heteroatoms. The number of hydrogen-bond donors (Lipinski definition) is 2. The van der Waals surface area contributed by atoms with Crippen LogP contribution in [0.2, 0.25) is 0 Å². The Labute approximate surface area is 58.0 Å². The molecule has 0 amide bonds. The summed E-state index contributed by atoms with van der Waals surface area (Å²) in [4.78, 5) is 0. The fourth-order valence-corrected chi connectivity index (χ4v) is 0.453. The van der Waals surface area contributed by atoms with Crippen LogP contribution in [0, 0.1) is 0 Å². The van der Waals surface area contributed by atoms with Crippen LogP contribution in [0.15, 0.2) is 0 Å². The standard InChI is InChI=1S/C7H18N2/c1-5-6-8-9-7(2,3)4/h8-9H,5-6H2,1-4H3. The van der Waals surface area contributed by atoms with Gasteiger partial charge in [0.15, 0.2) is 0 Å². The van der Waals surface area contributed by atoms with E-state index in [1.54, 1.807) is 0 Å². The van der Waals surface area contributed by atoms with Crippen LogP contribution in [0.3, 0.4) is 0 Å². The van der Waals surface area contributed by atoms with Gasteiger partial charge in [-0.3, -0.25) is 10.9 Å². The minimum Gasteiger partial charge on any atom is -0.257 e. The third kappa shape index (κ3) is 7.92. The van der Waals surface area contributed by atoms with Crippen molar-refractivity contribution < 1.29 is 0 Å². The van der Waals surface area contributed by atoms with E-state index in [9.17, 15) is 0 Å². The molecule has 2 N–H and O–H groups in total. The van der Waals surface area contributed by atoms with Gasteiger partial charge in [0.2, 0.25) is 0 Å². The molecule has 0 atom stereocenters. The molecular formula is C7H18N2. The van der Waals surface area contributed by atoms with Crippen molar-refractivity contribution in [1.82, 2.24) is 10.9 Å². The Morgan fingerprint density at radius 3 is 2.11 bits per heavy atom. The van der Waals surface area contributed by atoms with Gasteiger partial charge >= 0.3 is 0 Å². The predicted octanol–water partition coefficient (Wildman–Crippen LogP) is 1.29. The van der Waals surface area contributed by atoms with Crippen molar-refractivity contribution >= 4 is 0 Å². The maximum absolute atomic E-state index is 3.17. The van der Waals surface area contributed by atoms with Gasteiger partial charge < -0.3 is 0 Å². The Bertz CT molecular complexity index is 63.8. The molecule has 0 aromatic heterocycles. The lowest BCUT2D eigenvalue weighted by Crippen LogP contribution is -2.46. The quantitative estimate of drug-likeness (QED) is 0.444. The molecule has 0 aromatic rings. The first-order chi connectivity index (χ1) is 4.06. The minimum absolute atomic E-state index is 0.190. The number of hydrazine groups is 1. The van der Waals surface area contributed by atoms with Gasteiger partial charge in [-0.2, -0.15) is 0 Å². The summed E-state index contributed by atoms with van der Waals surface area (Å²) < 4.78 is 0. The van der Waals surface area contributed by atoms with Crippen molar-refractivity contribution in [3.05, 3.63) is 0 Å². The van der Waals surface area contributed by atoms with Gasteiger partial charge in [0.1, 0.15) is 0 Å². The van der Waals surface area contributed by atoms with E-state index >= 15 is 0 Å². The first kappa shape index (κ1) is 8.92. The molecule has 9 heavy (non-hydrogen) atoms. The SMILES string of the molecule is CCCNNC(C)(C)C. The van der Waals surface area contributed by atoms with E-state index in [-0.39, 0.29) is 5.54 Å². The molecule has 0 aliphatic rings. The van der Waals surface area contributed by atoms with E-state index in [1.807, 2.05) is 0 Å². The number of nitrogens with one attached hydrogen (secondary N) is 2. The van der Waals surface area contributed by atoms with E-state index < -0.39 is 0 Å². The topological polar surface area (TPSA) is 24.1 Å². The molecule has 0 saturated carbocycles. The molecule has 2 nitrogen and oxygen atoms in total. The molecule has 0 spiro atoms. The first-order valence-corrected chi connectivity index (χ1v) is 3.56. The summed E-state index contributed by atoms with van der Waals surface area (Å²) in [5.74, 6) is 0. The average Bonchev–Trinajstić information content (AvgIpc) is 1.63. The van der Waals surface area contributed by atoms with Crippen molar-refractivity contribution in [2.24, 2.45) is 0 Å². The highest BCUT2D eigenvalue weighted by molar-refractivity contribution is 4.66. The Balaban J connectivity index is 3.07. The molecule has 0 radical (unpaired) electrons. The lowest BCUT2D eigenvalue weighted by atomic mass is 10.1. The van der Waals surface area contributed by atoms with Gasteiger partial charge in [-0.25, -0.2) is 0 Å². The summed E-state index contributed by atoms with van der Waals surface area (Å²) in [7, 11) is 0. The van der Waals surface area contributed by atoms with Crippen LogP contribution in [-0.4, -0.2) is 12.1 Å². The molecule has 56 valence electrons. The van der Waals surface area contributed by atoms with Crippen LogP contribution in [0.1, 0.15) is 34.1 Å². The number of rotatable bonds is 3. The van der Waals surface area contributed by atoms with Crippen LogP contribution in [0.25, 0.3) is 0 Å². The van der Waals surface area contributed by atoms with Crippen molar-refractivity contribution in [2.45, 2.75) is 39.7 Å².